The Morgan fingerprint density at radius 3 is 1.50 bits per heavy atom. The molecule has 2 unspecified atom stereocenters. The zero-order valence-electron chi connectivity index (χ0n) is 11.1. The predicted octanol–water partition coefficient (Wildman–Crippen LogP) is 5.08. The summed E-state index contributed by atoms with van der Waals surface area (Å²) in [5.41, 5.74) is 0. The van der Waals surface area contributed by atoms with E-state index in [1.54, 1.807) is 0 Å². The van der Waals surface area contributed by atoms with E-state index in [9.17, 15) is 4.39 Å². The fourth-order valence-electron chi connectivity index (χ4n) is 0.842. The van der Waals surface area contributed by atoms with Crippen molar-refractivity contribution in [2.24, 2.45) is 17.8 Å². The monoisotopic (exact) mass is 204 g/mol. The number of alkyl halides is 1. The molecule has 0 bridgehead atoms. The van der Waals surface area contributed by atoms with Gasteiger partial charge in [-0.2, -0.15) is 0 Å². The first kappa shape index (κ1) is 16.4. The molecule has 0 fully saturated rings. The van der Waals surface area contributed by atoms with E-state index in [4.69, 9.17) is 0 Å². The molecule has 0 N–H and O–H groups in total. The van der Waals surface area contributed by atoms with Gasteiger partial charge in [-0.3, -0.25) is 0 Å². The van der Waals surface area contributed by atoms with Crippen LogP contribution in [0.2, 0.25) is 0 Å². The van der Waals surface area contributed by atoms with Crippen LogP contribution in [0.5, 0.6) is 0 Å². The zero-order valence-corrected chi connectivity index (χ0v) is 11.1. The second-order valence-corrected chi connectivity index (χ2v) is 5.19. The lowest BCUT2D eigenvalue weighted by molar-refractivity contribution is 0.239. The molecule has 0 aliphatic carbocycles. The molecule has 0 heterocycles. The molecule has 0 aromatic rings. The molecule has 0 rings (SSSR count). The first-order valence-electron chi connectivity index (χ1n) is 5.95. The Hall–Kier alpha value is -0.0700. The van der Waals surface area contributed by atoms with Crippen LogP contribution in [0.1, 0.15) is 61.3 Å². The fourth-order valence-corrected chi connectivity index (χ4v) is 0.842. The highest BCUT2D eigenvalue weighted by Crippen LogP contribution is 2.18. The number of hydrogen-bond donors (Lipinski definition) is 0. The van der Waals surface area contributed by atoms with Crippen molar-refractivity contribution in [3.8, 4) is 0 Å². The summed E-state index contributed by atoms with van der Waals surface area (Å²) in [4.78, 5) is 0. The van der Waals surface area contributed by atoms with Crippen LogP contribution >= 0.6 is 0 Å². The van der Waals surface area contributed by atoms with Crippen molar-refractivity contribution in [2.45, 2.75) is 67.5 Å². The molecule has 0 radical (unpaired) electrons. The van der Waals surface area contributed by atoms with Crippen molar-refractivity contribution in [2.75, 3.05) is 0 Å². The van der Waals surface area contributed by atoms with Crippen molar-refractivity contribution >= 4 is 0 Å². The average molecular weight is 204 g/mol. The summed E-state index contributed by atoms with van der Waals surface area (Å²) in [6, 6.07) is 0. The Labute approximate surface area is 90.3 Å². The summed E-state index contributed by atoms with van der Waals surface area (Å²) in [7, 11) is 0. The van der Waals surface area contributed by atoms with Crippen molar-refractivity contribution in [1.82, 2.24) is 0 Å². The molecule has 0 spiro atoms. The Balaban J connectivity index is 0. The van der Waals surface area contributed by atoms with E-state index in [2.05, 4.69) is 41.5 Å². The summed E-state index contributed by atoms with van der Waals surface area (Å²) < 4.78 is 12.7. The molecule has 0 saturated heterocycles. The van der Waals surface area contributed by atoms with E-state index in [0.29, 0.717) is 18.3 Å². The lowest BCUT2D eigenvalue weighted by Gasteiger charge is -2.16. The van der Waals surface area contributed by atoms with E-state index < -0.39 is 6.17 Å². The molecule has 88 valence electrons. The molecule has 1 heteroatoms. The Bertz CT molecular complexity index is 105. The summed E-state index contributed by atoms with van der Waals surface area (Å²) >= 11 is 0. The van der Waals surface area contributed by atoms with Crippen LogP contribution < -0.4 is 0 Å². The van der Waals surface area contributed by atoms with E-state index in [1.807, 2.05) is 6.92 Å². The number of halogens is 1. The van der Waals surface area contributed by atoms with Crippen LogP contribution in [-0.2, 0) is 0 Å². The van der Waals surface area contributed by atoms with Crippen LogP contribution in [0.3, 0.4) is 0 Å². The smallest absolute Gasteiger partial charge is 0.100 e. The Morgan fingerprint density at radius 2 is 1.29 bits per heavy atom. The third kappa shape index (κ3) is 14.5. The molecule has 2 atom stereocenters. The van der Waals surface area contributed by atoms with Gasteiger partial charge in [-0.25, -0.2) is 4.39 Å². The van der Waals surface area contributed by atoms with Gasteiger partial charge in [0.2, 0.25) is 0 Å². The van der Waals surface area contributed by atoms with E-state index in [0.717, 1.165) is 12.3 Å². The Morgan fingerprint density at radius 1 is 0.929 bits per heavy atom. The first-order chi connectivity index (χ1) is 6.31. The lowest BCUT2D eigenvalue weighted by Crippen LogP contribution is -2.10. The number of rotatable bonds is 4. The molecule has 0 nitrogen and oxygen atoms in total. The maximum atomic E-state index is 12.7. The normalized spacial score (nSPS) is 15.0. The fraction of sp³-hybridized carbons (Fsp3) is 1.00. The summed E-state index contributed by atoms with van der Waals surface area (Å²) in [6.07, 6.45) is 0.808. The quantitative estimate of drug-likeness (QED) is 0.599. The molecule has 14 heavy (non-hydrogen) atoms. The molecule has 0 aromatic heterocycles. The van der Waals surface area contributed by atoms with Crippen LogP contribution in [0.15, 0.2) is 0 Å². The second kappa shape index (κ2) is 9.48. The highest BCUT2D eigenvalue weighted by molar-refractivity contribution is 4.62. The highest BCUT2D eigenvalue weighted by Gasteiger charge is 2.12. The third-order valence-corrected chi connectivity index (χ3v) is 2.21. The van der Waals surface area contributed by atoms with Crippen molar-refractivity contribution in [3.05, 3.63) is 0 Å². The van der Waals surface area contributed by atoms with Crippen LogP contribution in [0.4, 0.5) is 4.39 Å². The van der Waals surface area contributed by atoms with Gasteiger partial charge in [-0.15, -0.1) is 0 Å². The lowest BCUT2D eigenvalue weighted by atomic mass is 9.92. The van der Waals surface area contributed by atoms with Gasteiger partial charge in [-0.1, -0.05) is 48.5 Å². The van der Waals surface area contributed by atoms with E-state index in [1.165, 1.54) is 0 Å². The standard InChI is InChI=1S/C9H19F.C4H10/c1-5-9(10)6-8(4)7(2)3;1-4(2)3/h7-9H,5-6H2,1-4H3;4H,1-3H3. The van der Waals surface area contributed by atoms with Gasteiger partial charge >= 0.3 is 0 Å². The predicted molar refractivity (Wildman–Crippen MR) is 64.3 cm³/mol. The van der Waals surface area contributed by atoms with Gasteiger partial charge in [0.25, 0.3) is 0 Å². The number of hydrogen-bond acceptors (Lipinski definition) is 0. The van der Waals surface area contributed by atoms with Gasteiger partial charge < -0.3 is 0 Å². The van der Waals surface area contributed by atoms with Gasteiger partial charge in [-0.05, 0) is 30.6 Å². The largest absolute Gasteiger partial charge is 0.247 e. The van der Waals surface area contributed by atoms with Crippen molar-refractivity contribution < 1.29 is 4.39 Å². The molecular weight excluding hydrogens is 175 g/mol. The van der Waals surface area contributed by atoms with Gasteiger partial charge in [0.1, 0.15) is 6.17 Å². The summed E-state index contributed by atoms with van der Waals surface area (Å²) in [5, 5.41) is 0. The second-order valence-electron chi connectivity index (χ2n) is 5.19. The third-order valence-electron chi connectivity index (χ3n) is 2.21. The zero-order chi connectivity index (χ0) is 11.7. The van der Waals surface area contributed by atoms with Crippen LogP contribution in [-0.4, -0.2) is 6.17 Å². The maximum absolute atomic E-state index is 12.7. The van der Waals surface area contributed by atoms with Crippen molar-refractivity contribution in [1.29, 1.82) is 0 Å². The first-order valence-corrected chi connectivity index (χ1v) is 5.95. The van der Waals surface area contributed by atoms with Gasteiger partial charge in [0.05, 0.1) is 0 Å². The molecule has 0 amide bonds. The van der Waals surface area contributed by atoms with E-state index in [-0.39, 0.29) is 0 Å². The average Bonchev–Trinajstić information content (AvgIpc) is 2.02. The highest BCUT2D eigenvalue weighted by atomic mass is 19.1. The molecule has 0 aromatic carbocycles. The maximum Gasteiger partial charge on any atom is 0.100 e. The summed E-state index contributed by atoms with van der Waals surface area (Å²) in [5.74, 6) is 1.97. The van der Waals surface area contributed by atoms with Crippen molar-refractivity contribution in [3.63, 3.8) is 0 Å². The topological polar surface area (TPSA) is 0 Å². The SMILES string of the molecule is CC(C)C.CCC(F)CC(C)C(C)C. The molecule has 0 saturated carbocycles. The molecule has 0 aliphatic rings. The minimum absolute atomic E-state index is 0.523. The molecule has 0 aliphatic heterocycles. The minimum atomic E-state index is -0.586. The van der Waals surface area contributed by atoms with E-state index >= 15 is 0 Å². The van der Waals surface area contributed by atoms with Crippen LogP contribution in [0.25, 0.3) is 0 Å². The summed E-state index contributed by atoms with van der Waals surface area (Å²) in [6.45, 7) is 14.8. The van der Waals surface area contributed by atoms with Crippen LogP contribution in [0, 0.1) is 17.8 Å². The minimum Gasteiger partial charge on any atom is -0.247 e. The van der Waals surface area contributed by atoms with Gasteiger partial charge in [0.15, 0.2) is 0 Å². The van der Waals surface area contributed by atoms with Gasteiger partial charge in [0, 0.05) is 0 Å². The molecular formula is C13H29F. The Kier molecular flexibility index (Phi) is 11.1.